The number of anilines is 1. The van der Waals surface area contributed by atoms with Gasteiger partial charge in [0.05, 0.1) is 0 Å². The maximum atomic E-state index is 11.2. The number of nitrogens with zero attached hydrogens (tertiary/aromatic N) is 2. The van der Waals surface area contributed by atoms with Crippen molar-refractivity contribution in [3.63, 3.8) is 0 Å². The van der Waals surface area contributed by atoms with Crippen LogP contribution in [0, 0.1) is 13.8 Å². The van der Waals surface area contributed by atoms with Gasteiger partial charge in [-0.3, -0.25) is 5.10 Å². The summed E-state index contributed by atoms with van der Waals surface area (Å²) in [6.45, 7) is 3.83. The molecule has 0 spiro atoms. The van der Waals surface area contributed by atoms with Crippen molar-refractivity contribution in [1.82, 2.24) is 15.2 Å². The highest BCUT2D eigenvalue weighted by Crippen LogP contribution is 2.29. The summed E-state index contributed by atoms with van der Waals surface area (Å²) in [5.74, 6) is 0.942. The molecule has 0 aliphatic heterocycles. The van der Waals surface area contributed by atoms with Gasteiger partial charge in [0.15, 0.2) is 5.82 Å². The number of ether oxygens (including phenoxy) is 1. The molecule has 24 heavy (non-hydrogen) atoms. The van der Waals surface area contributed by atoms with E-state index in [-0.39, 0.29) is 11.5 Å². The van der Waals surface area contributed by atoms with Crippen molar-refractivity contribution >= 4 is 23.0 Å². The molecule has 0 saturated carbocycles. The molecule has 0 amide bonds. The van der Waals surface area contributed by atoms with Gasteiger partial charge in [0.1, 0.15) is 23.1 Å². The summed E-state index contributed by atoms with van der Waals surface area (Å²) in [6, 6.07) is 5.65. The van der Waals surface area contributed by atoms with Gasteiger partial charge >= 0.3 is 5.97 Å². The summed E-state index contributed by atoms with van der Waals surface area (Å²) in [5, 5.41) is 17.7. The molecule has 2 heterocycles. The zero-order valence-corrected chi connectivity index (χ0v) is 14.0. The Kier molecular flexibility index (Phi) is 4.22. The number of hydrogen-bond acceptors (Lipinski definition) is 6. The largest absolute Gasteiger partial charge is 0.488 e. The van der Waals surface area contributed by atoms with Crippen LogP contribution in [0.25, 0.3) is 11.4 Å². The first-order valence-electron chi connectivity index (χ1n) is 7.17. The smallest absolute Gasteiger partial charge is 0.346 e. The van der Waals surface area contributed by atoms with Crippen LogP contribution in [0.2, 0.25) is 0 Å². The third-order valence-electron chi connectivity index (χ3n) is 3.54. The zero-order chi connectivity index (χ0) is 17.3. The first-order chi connectivity index (χ1) is 11.5. The molecule has 1 aromatic carbocycles. The number of thiophene rings is 1. The Morgan fingerprint density at radius 2 is 2.21 bits per heavy atom. The van der Waals surface area contributed by atoms with Crippen molar-refractivity contribution in [3.8, 4) is 17.1 Å². The van der Waals surface area contributed by atoms with Crippen LogP contribution in [0.5, 0.6) is 5.75 Å². The number of rotatable bonds is 5. The molecule has 2 aromatic heterocycles. The predicted molar refractivity (Wildman–Crippen MR) is 91.3 cm³/mol. The fourth-order valence-electron chi connectivity index (χ4n) is 2.24. The minimum Gasteiger partial charge on any atom is -0.488 e. The summed E-state index contributed by atoms with van der Waals surface area (Å²) in [7, 11) is 0. The van der Waals surface area contributed by atoms with Gasteiger partial charge in [0, 0.05) is 22.2 Å². The van der Waals surface area contributed by atoms with E-state index < -0.39 is 5.97 Å². The van der Waals surface area contributed by atoms with Crippen LogP contribution in [0.4, 0.5) is 5.69 Å². The highest BCUT2D eigenvalue weighted by Gasteiger charge is 2.17. The van der Waals surface area contributed by atoms with E-state index in [0.717, 1.165) is 28.3 Å². The van der Waals surface area contributed by atoms with Gasteiger partial charge in [-0.25, -0.2) is 9.78 Å². The van der Waals surface area contributed by atoms with E-state index in [4.69, 9.17) is 10.5 Å². The zero-order valence-electron chi connectivity index (χ0n) is 13.2. The Hall–Kier alpha value is -2.87. The quantitative estimate of drug-likeness (QED) is 0.655. The van der Waals surface area contributed by atoms with Crippen LogP contribution in [0.3, 0.4) is 0 Å². The number of carboxylic acid groups (broad SMARTS) is 1. The molecule has 0 radical (unpaired) electrons. The van der Waals surface area contributed by atoms with Gasteiger partial charge in [0.2, 0.25) is 0 Å². The van der Waals surface area contributed by atoms with Crippen molar-refractivity contribution in [2.75, 3.05) is 5.73 Å². The number of nitrogen functional groups attached to an aromatic ring is 1. The van der Waals surface area contributed by atoms with Crippen molar-refractivity contribution in [1.29, 1.82) is 0 Å². The lowest BCUT2D eigenvalue weighted by Crippen LogP contribution is -2.05. The SMILES string of the molecule is Cc1nc(-c2ccc(C)c(OCc3c(N)csc3C(=O)O)c2)n[nH]1. The lowest BCUT2D eigenvalue weighted by atomic mass is 10.1. The van der Waals surface area contributed by atoms with Gasteiger partial charge in [-0.2, -0.15) is 5.10 Å². The Balaban J connectivity index is 1.85. The molecule has 124 valence electrons. The third-order valence-corrected chi connectivity index (χ3v) is 4.56. The van der Waals surface area contributed by atoms with Crippen LogP contribution in [-0.2, 0) is 6.61 Å². The number of hydrogen-bond donors (Lipinski definition) is 3. The van der Waals surface area contributed by atoms with Crippen LogP contribution < -0.4 is 10.5 Å². The number of H-pyrrole nitrogens is 1. The van der Waals surface area contributed by atoms with Crippen molar-refractivity contribution in [3.05, 3.63) is 45.4 Å². The molecule has 0 atom stereocenters. The molecule has 7 nitrogen and oxygen atoms in total. The molecule has 0 unspecified atom stereocenters. The van der Waals surface area contributed by atoms with Crippen molar-refractivity contribution < 1.29 is 14.6 Å². The molecule has 3 aromatic rings. The Morgan fingerprint density at radius 1 is 1.42 bits per heavy atom. The van der Waals surface area contributed by atoms with Crippen molar-refractivity contribution in [2.45, 2.75) is 20.5 Å². The average Bonchev–Trinajstić information content (AvgIpc) is 3.13. The van der Waals surface area contributed by atoms with Gasteiger partial charge < -0.3 is 15.6 Å². The van der Waals surface area contributed by atoms with E-state index in [1.165, 1.54) is 0 Å². The first kappa shape index (κ1) is 16.0. The number of carbonyl (C=O) groups is 1. The van der Waals surface area contributed by atoms with E-state index in [0.29, 0.717) is 22.8 Å². The molecule has 0 saturated heterocycles. The van der Waals surface area contributed by atoms with E-state index in [1.54, 1.807) is 5.38 Å². The van der Waals surface area contributed by atoms with E-state index in [9.17, 15) is 9.90 Å². The fourth-order valence-corrected chi connectivity index (χ4v) is 3.05. The third kappa shape index (κ3) is 3.09. The summed E-state index contributed by atoms with van der Waals surface area (Å²) < 4.78 is 5.82. The molecular formula is C16H16N4O3S. The maximum Gasteiger partial charge on any atom is 0.346 e. The van der Waals surface area contributed by atoms with Crippen LogP contribution >= 0.6 is 11.3 Å². The molecule has 0 aliphatic rings. The topological polar surface area (TPSA) is 114 Å². The maximum absolute atomic E-state index is 11.2. The molecule has 0 aliphatic carbocycles. The number of aryl methyl sites for hydroxylation is 2. The highest BCUT2D eigenvalue weighted by molar-refractivity contribution is 7.12. The summed E-state index contributed by atoms with van der Waals surface area (Å²) in [6.07, 6.45) is 0. The predicted octanol–water partition coefficient (Wildman–Crippen LogP) is 3.01. The molecule has 3 rings (SSSR count). The lowest BCUT2D eigenvalue weighted by molar-refractivity contribution is 0.0699. The number of carboxylic acids is 1. The van der Waals surface area contributed by atoms with Gasteiger partial charge in [0.25, 0.3) is 0 Å². The average molecular weight is 344 g/mol. The fraction of sp³-hybridized carbons (Fsp3) is 0.188. The number of benzene rings is 1. The van der Waals surface area contributed by atoms with Gasteiger partial charge in [-0.1, -0.05) is 12.1 Å². The summed E-state index contributed by atoms with van der Waals surface area (Å²) in [5.41, 5.74) is 8.51. The normalized spacial score (nSPS) is 10.8. The van der Waals surface area contributed by atoms with E-state index in [2.05, 4.69) is 15.2 Å². The van der Waals surface area contributed by atoms with Crippen molar-refractivity contribution in [2.24, 2.45) is 0 Å². The molecule has 8 heteroatoms. The summed E-state index contributed by atoms with van der Waals surface area (Å²) >= 11 is 1.10. The minimum atomic E-state index is -1.00. The second kappa shape index (κ2) is 6.32. The van der Waals surface area contributed by atoms with Crippen LogP contribution in [0.1, 0.15) is 26.6 Å². The van der Waals surface area contributed by atoms with Crippen LogP contribution in [-0.4, -0.2) is 26.3 Å². The number of nitrogens with two attached hydrogens (primary N) is 1. The van der Waals surface area contributed by atoms with Crippen LogP contribution in [0.15, 0.2) is 23.6 Å². The number of aromatic carboxylic acids is 1. The minimum absolute atomic E-state index is 0.0915. The number of aromatic amines is 1. The standard InChI is InChI=1S/C16H16N4O3S/c1-8-3-4-10(15-18-9(2)19-20-15)5-13(8)23-6-11-12(17)7-24-14(11)16(21)22/h3-5,7H,6,17H2,1-2H3,(H,21,22)(H,18,19,20). The Labute approximate surface area is 142 Å². The molecule has 0 bridgehead atoms. The number of nitrogens with one attached hydrogen (secondary N) is 1. The molecule has 0 fully saturated rings. The second-order valence-corrected chi connectivity index (χ2v) is 6.20. The highest BCUT2D eigenvalue weighted by atomic mass is 32.1. The summed E-state index contributed by atoms with van der Waals surface area (Å²) in [4.78, 5) is 15.7. The molecular weight excluding hydrogens is 328 g/mol. The molecule has 4 N–H and O–H groups in total. The Morgan fingerprint density at radius 3 is 2.88 bits per heavy atom. The van der Waals surface area contributed by atoms with Gasteiger partial charge in [-0.15, -0.1) is 11.3 Å². The lowest BCUT2D eigenvalue weighted by Gasteiger charge is -2.11. The number of aromatic nitrogens is 3. The Bertz CT molecular complexity index is 901. The van der Waals surface area contributed by atoms with E-state index in [1.807, 2.05) is 32.0 Å². The second-order valence-electron chi connectivity index (χ2n) is 5.32. The first-order valence-corrected chi connectivity index (χ1v) is 8.05. The monoisotopic (exact) mass is 344 g/mol. The van der Waals surface area contributed by atoms with Gasteiger partial charge in [-0.05, 0) is 25.5 Å². The van der Waals surface area contributed by atoms with E-state index >= 15 is 0 Å².